The number of piperidine rings is 2. The van der Waals surface area contributed by atoms with E-state index in [1.54, 1.807) is 7.11 Å². The fraction of sp³-hybridized carbons (Fsp3) is 0.706. The van der Waals surface area contributed by atoms with Gasteiger partial charge in [-0.05, 0) is 32.1 Å². The van der Waals surface area contributed by atoms with Gasteiger partial charge in [-0.15, -0.1) is 0 Å². The lowest BCUT2D eigenvalue weighted by Gasteiger charge is -2.49. The smallest absolute Gasteiger partial charge is 0.410 e. The Balaban J connectivity index is 1.69. The van der Waals surface area contributed by atoms with E-state index in [0.29, 0.717) is 22.9 Å². The lowest BCUT2D eigenvalue weighted by Crippen LogP contribution is -2.58. The highest BCUT2D eigenvalue weighted by Gasteiger charge is 2.43. The maximum Gasteiger partial charge on any atom is 0.410 e. The Morgan fingerprint density at radius 2 is 1.85 bits per heavy atom. The van der Waals surface area contributed by atoms with Gasteiger partial charge in [-0.1, -0.05) is 23.2 Å². The van der Waals surface area contributed by atoms with Crippen molar-refractivity contribution >= 4 is 35.2 Å². The van der Waals surface area contributed by atoms with E-state index in [1.165, 1.54) is 6.07 Å². The number of hydrogen-bond donors (Lipinski definition) is 0. The van der Waals surface area contributed by atoms with Crippen molar-refractivity contribution in [2.75, 3.05) is 32.3 Å². The predicted molar refractivity (Wildman–Crippen MR) is 100.0 cm³/mol. The first-order valence-electron chi connectivity index (χ1n) is 8.86. The largest absolute Gasteiger partial charge is 0.447 e. The molecule has 0 aromatic carbocycles. The second kappa shape index (κ2) is 8.59. The van der Waals surface area contributed by atoms with E-state index in [2.05, 4.69) is 9.97 Å². The third-order valence-electron chi connectivity index (χ3n) is 5.19. The number of rotatable bonds is 5. The van der Waals surface area contributed by atoms with Crippen LogP contribution in [0.3, 0.4) is 0 Å². The van der Waals surface area contributed by atoms with Gasteiger partial charge in [-0.2, -0.15) is 0 Å². The molecule has 1 aromatic heterocycles. The molecule has 3 rings (SSSR count). The molecular formula is C17H24Cl2N4O3. The van der Waals surface area contributed by atoms with Crippen LogP contribution in [0, 0.1) is 0 Å². The van der Waals surface area contributed by atoms with Gasteiger partial charge in [-0.25, -0.2) is 14.8 Å². The number of carbonyl (C=O) groups excluding carboxylic acids is 1. The van der Waals surface area contributed by atoms with Crippen LogP contribution in [0.15, 0.2) is 6.07 Å². The predicted octanol–water partition coefficient (Wildman–Crippen LogP) is 3.39. The van der Waals surface area contributed by atoms with Crippen LogP contribution in [-0.2, 0) is 9.47 Å². The average molecular weight is 403 g/mol. The number of halogens is 2. The van der Waals surface area contributed by atoms with Gasteiger partial charge in [-0.3, -0.25) is 0 Å². The van der Waals surface area contributed by atoms with Gasteiger partial charge in [0.1, 0.15) is 16.9 Å². The molecule has 2 bridgehead atoms. The molecule has 7 nitrogen and oxygen atoms in total. The molecule has 1 unspecified atom stereocenters. The highest BCUT2D eigenvalue weighted by atomic mass is 35.5. The van der Waals surface area contributed by atoms with Gasteiger partial charge >= 0.3 is 6.09 Å². The SMILES string of the molecule is COCCOC(=O)N1[C@@H]2CCC[C@H]1CC(N(C)c1nc(Cl)cc(Cl)n1)C2. The van der Waals surface area contributed by atoms with Crippen LogP contribution in [-0.4, -0.2) is 66.5 Å². The quantitative estimate of drug-likeness (QED) is 0.555. The van der Waals surface area contributed by atoms with E-state index in [0.717, 1.165) is 32.1 Å². The van der Waals surface area contributed by atoms with E-state index in [9.17, 15) is 4.79 Å². The second-order valence-corrected chi connectivity index (χ2v) is 7.58. The lowest BCUT2D eigenvalue weighted by atomic mass is 9.81. The Kier molecular flexibility index (Phi) is 6.42. The third-order valence-corrected chi connectivity index (χ3v) is 5.58. The molecule has 3 heterocycles. The van der Waals surface area contributed by atoms with Crippen molar-refractivity contribution in [1.82, 2.24) is 14.9 Å². The Morgan fingerprint density at radius 3 is 2.42 bits per heavy atom. The number of ether oxygens (including phenoxy) is 2. The first-order valence-corrected chi connectivity index (χ1v) is 9.62. The number of fused-ring (bicyclic) bond motifs is 2. The highest BCUT2D eigenvalue weighted by molar-refractivity contribution is 6.33. The Morgan fingerprint density at radius 1 is 1.23 bits per heavy atom. The molecule has 26 heavy (non-hydrogen) atoms. The summed E-state index contributed by atoms with van der Waals surface area (Å²) in [7, 11) is 3.54. The molecule has 2 saturated heterocycles. The molecule has 0 spiro atoms. The zero-order chi connectivity index (χ0) is 18.7. The molecule has 0 radical (unpaired) electrons. The number of hydrogen-bond acceptors (Lipinski definition) is 6. The first-order chi connectivity index (χ1) is 12.5. The summed E-state index contributed by atoms with van der Waals surface area (Å²) in [5.41, 5.74) is 0. The summed E-state index contributed by atoms with van der Waals surface area (Å²) in [5, 5.41) is 0.650. The van der Waals surface area contributed by atoms with Crippen molar-refractivity contribution in [2.24, 2.45) is 0 Å². The number of carbonyl (C=O) groups is 1. The summed E-state index contributed by atoms with van der Waals surface area (Å²) in [6, 6.07) is 2.08. The Hall–Kier alpha value is -1.31. The minimum absolute atomic E-state index is 0.166. The monoisotopic (exact) mass is 402 g/mol. The van der Waals surface area contributed by atoms with Crippen molar-refractivity contribution < 1.29 is 14.3 Å². The number of aromatic nitrogens is 2. The standard InChI is InChI=1S/C17H24Cl2N4O3/c1-22(16-20-14(18)10-15(19)21-16)13-8-11-4-3-5-12(9-13)23(11)17(24)26-7-6-25-2/h10-13H,3-9H2,1-2H3/t11-,12+,13?. The van der Waals surface area contributed by atoms with Crippen LogP contribution in [0.2, 0.25) is 10.3 Å². The summed E-state index contributed by atoms with van der Waals surface area (Å²) in [5.74, 6) is 0.515. The van der Waals surface area contributed by atoms with Crippen molar-refractivity contribution in [1.29, 1.82) is 0 Å². The van der Waals surface area contributed by atoms with Crippen molar-refractivity contribution in [3.8, 4) is 0 Å². The molecule has 1 aromatic rings. The molecule has 2 aliphatic heterocycles. The Labute approximate surface area is 163 Å². The van der Waals surface area contributed by atoms with Crippen molar-refractivity contribution in [3.05, 3.63) is 16.4 Å². The summed E-state index contributed by atoms with van der Waals surface area (Å²) in [4.78, 5) is 25.0. The Bertz CT molecular complexity index is 614. The van der Waals surface area contributed by atoms with Crippen molar-refractivity contribution in [2.45, 2.75) is 50.2 Å². The summed E-state index contributed by atoms with van der Waals surface area (Å²) >= 11 is 12.0. The van der Waals surface area contributed by atoms with Crippen LogP contribution in [0.1, 0.15) is 32.1 Å². The molecule has 3 atom stereocenters. The molecule has 0 saturated carbocycles. The third kappa shape index (κ3) is 4.32. The van der Waals surface area contributed by atoms with Crippen LogP contribution in [0.5, 0.6) is 0 Å². The van der Waals surface area contributed by atoms with E-state index in [-0.39, 0.29) is 30.8 Å². The van der Waals surface area contributed by atoms with Crippen LogP contribution in [0.25, 0.3) is 0 Å². The van der Waals surface area contributed by atoms with E-state index < -0.39 is 0 Å². The zero-order valence-corrected chi connectivity index (χ0v) is 16.5. The number of methoxy groups -OCH3 is 1. The van der Waals surface area contributed by atoms with Gasteiger partial charge < -0.3 is 19.3 Å². The van der Waals surface area contributed by atoms with Crippen LogP contribution >= 0.6 is 23.2 Å². The minimum Gasteiger partial charge on any atom is -0.447 e. The van der Waals surface area contributed by atoms with Gasteiger partial charge in [0.05, 0.1) is 6.61 Å². The molecule has 2 fully saturated rings. The number of amides is 1. The maximum atomic E-state index is 12.5. The molecule has 144 valence electrons. The molecular weight excluding hydrogens is 379 g/mol. The first kappa shape index (κ1) is 19.5. The molecule has 2 aliphatic rings. The van der Waals surface area contributed by atoms with Gasteiger partial charge in [0.2, 0.25) is 5.95 Å². The van der Waals surface area contributed by atoms with Gasteiger partial charge in [0.25, 0.3) is 0 Å². The van der Waals surface area contributed by atoms with Crippen molar-refractivity contribution in [3.63, 3.8) is 0 Å². The van der Waals surface area contributed by atoms with E-state index in [1.807, 2.05) is 16.8 Å². The fourth-order valence-corrected chi connectivity index (χ4v) is 4.37. The van der Waals surface area contributed by atoms with Crippen LogP contribution < -0.4 is 4.90 Å². The second-order valence-electron chi connectivity index (χ2n) is 6.80. The molecule has 1 amide bonds. The topological polar surface area (TPSA) is 67.8 Å². The summed E-state index contributed by atoms with van der Waals surface area (Å²) in [6.07, 6.45) is 4.56. The fourth-order valence-electron chi connectivity index (χ4n) is 3.95. The maximum absolute atomic E-state index is 12.5. The zero-order valence-electron chi connectivity index (χ0n) is 15.0. The number of nitrogens with zero attached hydrogens (tertiary/aromatic N) is 4. The van der Waals surface area contributed by atoms with E-state index in [4.69, 9.17) is 32.7 Å². The van der Waals surface area contributed by atoms with Gasteiger partial charge in [0.15, 0.2) is 0 Å². The van der Waals surface area contributed by atoms with Crippen LogP contribution in [0.4, 0.5) is 10.7 Å². The lowest BCUT2D eigenvalue weighted by molar-refractivity contribution is 0.00862. The summed E-state index contributed by atoms with van der Waals surface area (Å²) in [6.45, 7) is 0.691. The molecule has 9 heteroatoms. The average Bonchev–Trinajstić information content (AvgIpc) is 2.59. The normalized spacial score (nSPS) is 25.1. The molecule has 0 N–H and O–H groups in total. The van der Waals surface area contributed by atoms with Gasteiger partial charge in [0, 0.05) is 38.3 Å². The molecule has 0 aliphatic carbocycles. The summed E-state index contributed by atoms with van der Waals surface area (Å²) < 4.78 is 10.3. The minimum atomic E-state index is -0.236. The van der Waals surface area contributed by atoms with E-state index >= 15 is 0 Å². The number of anilines is 1. The highest BCUT2D eigenvalue weighted by Crippen LogP contribution is 2.37.